The molecule has 1 aliphatic rings. The van der Waals surface area contributed by atoms with Crippen molar-refractivity contribution in [3.05, 3.63) is 46.7 Å². The molecule has 0 spiro atoms. The van der Waals surface area contributed by atoms with Crippen molar-refractivity contribution in [2.75, 3.05) is 13.1 Å². The van der Waals surface area contributed by atoms with E-state index in [0.717, 1.165) is 18.4 Å². The van der Waals surface area contributed by atoms with E-state index < -0.39 is 10.0 Å². The number of sulfonamides is 1. The molecule has 3 rings (SSSR count). The third kappa shape index (κ3) is 2.98. The van der Waals surface area contributed by atoms with Gasteiger partial charge in [-0.2, -0.15) is 9.40 Å². The average molecular weight is 384 g/mol. The summed E-state index contributed by atoms with van der Waals surface area (Å²) < 4.78 is 29.7. The molecule has 1 aromatic heterocycles. The number of halogens is 1. The van der Waals surface area contributed by atoms with Crippen molar-refractivity contribution in [1.82, 2.24) is 14.1 Å². The summed E-state index contributed by atoms with van der Waals surface area (Å²) in [6.45, 7) is 1.08. The highest BCUT2D eigenvalue weighted by Gasteiger charge is 2.32. The molecule has 1 aliphatic heterocycles. The second-order valence-electron chi connectivity index (χ2n) is 5.58. The van der Waals surface area contributed by atoms with Crippen LogP contribution in [0.25, 0.3) is 0 Å². The molecule has 0 aliphatic carbocycles. The first-order valence-electron chi connectivity index (χ1n) is 7.21. The average Bonchev–Trinajstić information content (AvgIpc) is 2.94. The topological polar surface area (TPSA) is 55.2 Å². The quantitative estimate of drug-likeness (QED) is 0.818. The van der Waals surface area contributed by atoms with Crippen LogP contribution in [0.2, 0.25) is 0 Å². The van der Waals surface area contributed by atoms with E-state index in [9.17, 15) is 8.42 Å². The van der Waals surface area contributed by atoms with Gasteiger partial charge >= 0.3 is 0 Å². The number of piperidine rings is 1. The first-order chi connectivity index (χ1) is 10.5. The molecular weight excluding hydrogens is 366 g/mol. The van der Waals surface area contributed by atoms with Gasteiger partial charge in [-0.05, 0) is 46.5 Å². The molecule has 118 valence electrons. The molecule has 1 fully saturated rings. The number of hydrogen-bond acceptors (Lipinski definition) is 3. The summed E-state index contributed by atoms with van der Waals surface area (Å²) in [6, 6.07) is 6.97. The summed E-state index contributed by atoms with van der Waals surface area (Å²) in [7, 11) is -1.59. The Morgan fingerprint density at radius 3 is 2.77 bits per heavy atom. The van der Waals surface area contributed by atoms with Crippen molar-refractivity contribution in [1.29, 1.82) is 0 Å². The molecule has 0 amide bonds. The number of nitrogens with zero attached hydrogens (tertiary/aromatic N) is 3. The Kier molecular flexibility index (Phi) is 4.38. The molecule has 22 heavy (non-hydrogen) atoms. The van der Waals surface area contributed by atoms with E-state index in [0.29, 0.717) is 22.5 Å². The Morgan fingerprint density at radius 1 is 1.32 bits per heavy atom. The molecule has 1 unspecified atom stereocenters. The summed E-state index contributed by atoms with van der Waals surface area (Å²) in [5.41, 5.74) is 1.11. The smallest absolute Gasteiger partial charge is 0.244 e. The van der Waals surface area contributed by atoms with Gasteiger partial charge < -0.3 is 0 Å². The highest BCUT2D eigenvalue weighted by molar-refractivity contribution is 9.10. The predicted molar refractivity (Wildman–Crippen MR) is 88.1 cm³/mol. The maximum atomic E-state index is 12.9. The SMILES string of the molecule is Cn1cc(C2CCCN(S(=O)(=O)c3ccccc3Br)C2)cn1. The predicted octanol–water partition coefficient (Wildman–Crippen LogP) is 2.75. The summed E-state index contributed by atoms with van der Waals surface area (Å²) >= 11 is 3.34. The summed E-state index contributed by atoms with van der Waals surface area (Å²) in [5, 5.41) is 4.19. The number of aryl methyl sites for hydroxylation is 1. The van der Waals surface area contributed by atoms with Gasteiger partial charge in [0.25, 0.3) is 0 Å². The van der Waals surface area contributed by atoms with Gasteiger partial charge in [-0.1, -0.05) is 12.1 Å². The Labute approximate surface area is 139 Å². The zero-order valence-corrected chi connectivity index (χ0v) is 14.7. The maximum Gasteiger partial charge on any atom is 0.244 e. The maximum absolute atomic E-state index is 12.9. The van der Waals surface area contributed by atoms with E-state index in [1.807, 2.05) is 25.5 Å². The zero-order valence-electron chi connectivity index (χ0n) is 12.3. The molecule has 1 saturated heterocycles. The number of benzene rings is 1. The Balaban J connectivity index is 1.87. The lowest BCUT2D eigenvalue weighted by Crippen LogP contribution is -2.39. The molecule has 2 heterocycles. The molecule has 2 aromatic rings. The lowest BCUT2D eigenvalue weighted by molar-refractivity contribution is 0.315. The van der Waals surface area contributed by atoms with E-state index >= 15 is 0 Å². The van der Waals surface area contributed by atoms with Gasteiger partial charge in [0.15, 0.2) is 0 Å². The second kappa shape index (κ2) is 6.14. The standard InChI is InChI=1S/C15H18BrN3O2S/c1-18-10-13(9-17-18)12-5-4-8-19(11-12)22(20,21)15-7-3-2-6-14(15)16/h2-3,6-7,9-10,12H,4-5,8,11H2,1H3. The molecule has 1 aromatic carbocycles. The minimum absolute atomic E-state index is 0.208. The van der Waals surface area contributed by atoms with Crippen LogP contribution in [-0.4, -0.2) is 35.6 Å². The molecule has 0 N–H and O–H groups in total. The van der Waals surface area contributed by atoms with Crippen molar-refractivity contribution in [2.45, 2.75) is 23.7 Å². The first-order valence-corrected chi connectivity index (χ1v) is 9.45. The number of aromatic nitrogens is 2. The van der Waals surface area contributed by atoms with E-state index in [-0.39, 0.29) is 5.92 Å². The Hall–Kier alpha value is -1.18. The van der Waals surface area contributed by atoms with Gasteiger partial charge in [0.1, 0.15) is 0 Å². The molecule has 7 heteroatoms. The molecular formula is C15H18BrN3O2S. The minimum atomic E-state index is -3.47. The van der Waals surface area contributed by atoms with Crippen LogP contribution in [0, 0.1) is 0 Å². The normalized spacial score (nSPS) is 20.2. The summed E-state index contributed by atoms with van der Waals surface area (Å²) in [5.74, 6) is 0.208. The Morgan fingerprint density at radius 2 is 2.09 bits per heavy atom. The first kappa shape index (κ1) is 15.7. The fourth-order valence-electron chi connectivity index (χ4n) is 2.88. The zero-order chi connectivity index (χ0) is 15.7. The van der Waals surface area contributed by atoms with Crippen molar-refractivity contribution >= 4 is 26.0 Å². The van der Waals surface area contributed by atoms with E-state index in [2.05, 4.69) is 21.0 Å². The fourth-order valence-corrected chi connectivity index (χ4v) is 5.36. The molecule has 5 nitrogen and oxygen atoms in total. The Bertz CT molecular complexity index is 773. The van der Waals surface area contributed by atoms with Gasteiger partial charge in [-0.3, -0.25) is 4.68 Å². The van der Waals surface area contributed by atoms with Gasteiger partial charge in [0.05, 0.1) is 11.1 Å². The van der Waals surface area contributed by atoms with Crippen LogP contribution in [0.3, 0.4) is 0 Å². The van der Waals surface area contributed by atoms with Crippen LogP contribution in [-0.2, 0) is 17.1 Å². The van der Waals surface area contributed by atoms with E-state index in [1.165, 1.54) is 0 Å². The van der Waals surface area contributed by atoms with Gasteiger partial charge in [-0.15, -0.1) is 0 Å². The van der Waals surface area contributed by atoms with Crippen LogP contribution in [0.4, 0.5) is 0 Å². The monoisotopic (exact) mass is 383 g/mol. The van der Waals surface area contributed by atoms with Gasteiger partial charge in [0, 0.05) is 36.7 Å². The van der Waals surface area contributed by atoms with Crippen LogP contribution in [0.15, 0.2) is 46.0 Å². The largest absolute Gasteiger partial charge is 0.276 e. The van der Waals surface area contributed by atoms with Gasteiger partial charge in [-0.25, -0.2) is 8.42 Å². The molecule has 1 atom stereocenters. The minimum Gasteiger partial charge on any atom is -0.276 e. The van der Waals surface area contributed by atoms with Gasteiger partial charge in [0.2, 0.25) is 10.0 Å². The van der Waals surface area contributed by atoms with Crippen LogP contribution in [0.5, 0.6) is 0 Å². The number of rotatable bonds is 3. The summed E-state index contributed by atoms with van der Waals surface area (Å²) in [6.07, 6.45) is 5.66. The van der Waals surface area contributed by atoms with Crippen molar-refractivity contribution in [3.8, 4) is 0 Å². The van der Waals surface area contributed by atoms with Crippen LogP contribution >= 0.6 is 15.9 Å². The highest BCUT2D eigenvalue weighted by atomic mass is 79.9. The lowest BCUT2D eigenvalue weighted by atomic mass is 9.94. The second-order valence-corrected chi connectivity index (χ2v) is 8.34. The fraction of sp³-hybridized carbons (Fsp3) is 0.400. The molecule has 0 bridgehead atoms. The lowest BCUT2D eigenvalue weighted by Gasteiger charge is -2.31. The van der Waals surface area contributed by atoms with E-state index in [4.69, 9.17) is 0 Å². The third-order valence-electron chi connectivity index (χ3n) is 4.03. The van der Waals surface area contributed by atoms with Crippen LogP contribution in [0.1, 0.15) is 24.3 Å². The van der Waals surface area contributed by atoms with Crippen LogP contribution < -0.4 is 0 Å². The van der Waals surface area contributed by atoms with Crippen molar-refractivity contribution in [2.24, 2.45) is 7.05 Å². The molecule has 0 saturated carbocycles. The van der Waals surface area contributed by atoms with Crippen molar-refractivity contribution in [3.63, 3.8) is 0 Å². The molecule has 0 radical (unpaired) electrons. The van der Waals surface area contributed by atoms with E-state index in [1.54, 1.807) is 27.2 Å². The van der Waals surface area contributed by atoms with Crippen molar-refractivity contribution < 1.29 is 8.42 Å². The number of hydrogen-bond donors (Lipinski definition) is 0. The summed E-state index contributed by atoms with van der Waals surface area (Å²) in [4.78, 5) is 0.335. The third-order valence-corrected chi connectivity index (χ3v) is 6.91. The highest BCUT2D eigenvalue weighted by Crippen LogP contribution is 2.32.